The number of hydrogen-bond acceptors (Lipinski definition) is 4. The van der Waals surface area contributed by atoms with Crippen LogP contribution >= 0.6 is 11.3 Å². The van der Waals surface area contributed by atoms with Crippen LogP contribution in [0.4, 0.5) is 0 Å². The summed E-state index contributed by atoms with van der Waals surface area (Å²) in [5, 5.41) is 19.7. The van der Waals surface area contributed by atoms with Gasteiger partial charge in [-0.05, 0) is 138 Å². The first-order valence-corrected chi connectivity index (χ1v) is 17.7. The first kappa shape index (κ1) is 41.5. The molecule has 8 atom stereocenters. The lowest BCUT2D eigenvalue weighted by molar-refractivity contribution is -0.225. The van der Waals surface area contributed by atoms with Gasteiger partial charge in [0.15, 0.2) is 6.29 Å². The number of carbonyl (C=O) groups excluding carboxylic acids is 1. The van der Waals surface area contributed by atoms with Gasteiger partial charge in [0.2, 0.25) is 0 Å². The summed E-state index contributed by atoms with van der Waals surface area (Å²) < 4.78 is 0. The van der Waals surface area contributed by atoms with E-state index in [1.54, 1.807) is 17.4 Å². The van der Waals surface area contributed by atoms with E-state index < -0.39 is 0 Å². The van der Waals surface area contributed by atoms with Gasteiger partial charge >= 0.3 is 0 Å². The van der Waals surface area contributed by atoms with Gasteiger partial charge in [0.1, 0.15) is 0 Å². The van der Waals surface area contributed by atoms with Crippen LogP contribution < -0.4 is 0 Å². The molecule has 0 saturated heterocycles. The highest BCUT2D eigenvalue weighted by Crippen LogP contribution is 2.77. The molecule has 0 spiro atoms. The summed E-state index contributed by atoms with van der Waals surface area (Å²) in [7, 11) is 1.00. The van der Waals surface area contributed by atoms with E-state index in [4.69, 9.17) is 5.11 Å². The van der Waals surface area contributed by atoms with Crippen molar-refractivity contribution in [3.05, 3.63) is 40.6 Å². The summed E-state index contributed by atoms with van der Waals surface area (Å²) in [6.07, 6.45) is 42.4. The Balaban J connectivity index is 0.000000868. The molecule has 5 aliphatic rings. The van der Waals surface area contributed by atoms with Gasteiger partial charge in [-0.1, -0.05) is 53.2 Å². The molecule has 1 aromatic rings. The minimum atomic E-state index is 0.122. The Morgan fingerprint density at radius 1 is 0.870 bits per heavy atom. The maximum atomic E-state index is 11.4. The molecule has 0 aliphatic heterocycles. The number of aliphatic hydroxyl groups excluding tert-OH is 2. The standard InChI is InChI=1S/C32H46O2S.C3H6.3C2H2.CH4O/c1-28(2)23(21-17-22(18-33)35-19-21)10-13-29(3)26(28)11-14-31(5)27(29)9-8-24-25-7-6-12-32(25,20-34)16-15-30(24,31)4;1-3-2;4*1-2/h10,17-19,24-27,34H,6-9,11-16,20H2,1-5H3;3H,1H2,2H3;3*1-2H;2H,1H3/t24-,25?,26?,27?,29+,30-,31-,32-;;;;;/m1...../s1. The molecule has 2 N–H and O–H groups in total. The molecule has 3 unspecified atom stereocenters. The van der Waals surface area contributed by atoms with Crippen LogP contribution in [-0.2, 0) is 0 Å². The SMILES string of the molecule is C#C.C#C.C#C.C=CC.CC1(C)C(c2csc(C=O)c2)=CC[C@@]2(C)C1CC[C@]1(C)C2CC[C@@H]2C3CCC[C@]3(CO)CC[C@]21C.CO. The van der Waals surface area contributed by atoms with E-state index in [0.717, 1.165) is 36.0 Å². The Labute approximate surface area is 286 Å². The monoisotopic (exact) mass is 646 g/mol. The Kier molecular flexibility index (Phi) is 15.4. The Hall–Kier alpha value is -2.55. The van der Waals surface area contributed by atoms with Crippen molar-refractivity contribution >= 4 is 23.2 Å². The zero-order chi connectivity index (χ0) is 35.6. The predicted molar refractivity (Wildman–Crippen MR) is 199 cm³/mol. The minimum Gasteiger partial charge on any atom is -0.400 e. The van der Waals surface area contributed by atoms with E-state index in [9.17, 15) is 9.90 Å². The van der Waals surface area contributed by atoms with E-state index in [1.165, 1.54) is 75.3 Å². The first-order chi connectivity index (χ1) is 22.0. The molecule has 4 fully saturated rings. The van der Waals surface area contributed by atoms with E-state index >= 15 is 0 Å². The number of terminal acetylenes is 3. The largest absolute Gasteiger partial charge is 0.400 e. The fourth-order valence-electron chi connectivity index (χ4n) is 11.6. The van der Waals surface area contributed by atoms with E-state index in [1.807, 2.05) is 6.92 Å². The molecule has 0 amide bonds. The van der Waals surface area contributed by atoms with Gasteiger partial charge in [0.05, 0.1) is 4.88 Å². The van der Waals surface area contributed by atoms with Crippen LogP contribution in [0.5, 0.6) is 0 Å². The molecule has 0 bridgehead atoms. The van der Waals surface area contributed by atoms with Crippen molar-refractivity contribution in [1.29, 1.82) is 0 Å². The fraction of sp³-hybridized carbons (Fsp3) is 0.643. The molecular formula is C42H62O3S. The fourth-order valence-corrected chi connectivity index (χ4v) is 12.3. The number of aliphatic hydroxyl groups is 2. The van der Waals surface area contributed by atoms with Crippen molar-refractivity contribution in [3.8, 4) is 38.5 Å². The molecule has 4 heteroatoms. The Morgan fingerprint density at radius 2 is 1.48 bits per heavy atom. The second kappa shape index (κ2) is 17.0. The normalized spacial score (nSPS) is 37.2. The molecule has 254 valence electrons. The number of thiophene rings is 1. The van der Waals surface area contributed by atoms with Crippen LogP contribution in [0, 0.1) is 89.3 Å². The number of aldehydes is 1. The number of fused-ring (bicyclic) bond motifs is 7. The third kappa shape index (κ3) is 6.59. The Morgan fingerprint density at radius 3 is 2.02 bits per heavy atom. The lowest BCUT2D eigenvalue weighted by atomic mass is 9.33. The van der Waals surface area contributed by atoms with Crippen LogP contribution in [0.25, 0.3) is 5.57 Å². The summed E-state index contributed by atoms with van der Waals surface area (Å²) in [5.74, 6) is 2.99. The van der Waals surface area contributed by atoms with Crippen LogP contribution in [0.15, 0.2) is 30.2 Å². The van der Waals surface area contributed by atoms with Gasteiger partial charge in [-0.3, -0.25) is 4.79 Å². The second-order valence-electron chi connectivity index (χ2n) is 15.0. The zero-order valence-corrected chi connectivity index (χ0v) is 30.7. The zero-order valence-electron chi connectivity index (χ0n) is 29.9. The molecule has 6 rings (SSSR count). The van der Waals surface area contributed by atoms with Crippen LogP contribution in [-0.4, -0.2) is 30.2 Å². The maximum absolute atomic E-state index is 11.4. The summed E-state index contributed by atoms with van der Waals surface area (Å²) in [6.45, 7) is 18.7. The molecule has 1 heterocycles. The molecular weight excluding hydrogens is 585 g/mol. The number of carbonyl (C=O) groups is 1. The maximum Gasteiger partial charge on any atom is 0.160 e. The van der Waals surface area contributed by atoms with Crippen LogP contribution in [0.1, 0.15) is 121 Å². The molecule has 0 radical (unpaired) electrons. The van der Waals surface area contributed by atoms with Crippen molar-refractivity contribution in [2.45, 2.75) is 106 Å². The highest BCUT2D eigenvalue weighted by atomic mass is 32.1. The van der Waals surface area contributed by atoms with E-state index in [2.05, 4.69) is 97.3 Å². The van der Waals surface area contributed by atoms with Crippen LogP contribution in [0.3, 0.4) is 0 Å². The predicted octanol–water partition coefficient (Wildman–Crippen LogP) is 9.95. The lowest BCUT2D eigenvalue weighted by Gasteiger charge is -2.72. The van der Waals surface area contributed by atoms with Crippen molar-refractivity contribution < 1.29 is 15.0 Å². The third-order valence-electron chi connectivity index (χ3n) is 13.5. The van der Waals surface area contributed by atoms with Crippen molar-refractivity contribution in [2.75, 3.05) is 13.7 Å². The van der Waals surface area contributed by atoms with Crippen LogP contribution in [0.2, 0.25) is 0 Å². The smallest absolute Gasteiger partial charge is 0.160 e. The van der Waals surface area contributed by atoms with Gasteiger partial charge < -0.3 is 10.2 Å². The molecule has 5 aliphatic carbocycles. The van der Waals surface area contributed by atoms with Gasteiger partial charge in [-0.2, -0.15) is 0 Å². The topological polar surface area (TPSA) is 57.5 Å². The molecule has 46 heavy (non-hydrogen) atoms. The van der Waals surface area contributed by atoms with Gasteiger partial charge in [0.25, 0.3) is 0 Å². The van der Waals surface area contributed by atoms with Gasteiger partial charge in [-0.15, -0.1) is 56.5 Å². The lowest BCUT2D eigenvalue weighted by Crippen LogP contribution is -2.65. The molecule has 4 saturated carbocycles. The number of rotatable bonds is 3. The first-order valence-electron chi connectivity index (χ1n) is 16.8. The van der Waals surface area contributed by atoms with E-state index in [0.29, 0.717) is 28.8 Å². The Bertz CT molecular complexity index is 1220. The molecule has 1 aromatic heterocycles. The van der Waals surface area contributed by atoms with Crippen molar-refractivity contribution in [1.82, 2.24) is 0 Å². The molecule has 3 nitrogen and oxygen atoms in total. The number of allylic oxidation sites excluding steroid dienone is 3. The van der Waals surface area contributed by atoms with Gasteiger partial charge in [0, 0.05) is 13.7 Å². The van der Waals surface area contributed by atoms with Crippen molar-refractivity contribution in [2.24, 2.45) is 50.7 Å². The average Bonchev–Trinajstić information content (AvgIpc) is 3.73. The van der Waals surface area contributed by atoms with Crippen molar-refractivity contribution in [3.63, 3.8) is 0 Å². The van der Waals surface area contributed by atoms with Gasteiger partial charge in [-0.25, -0.2) is 0 Å². The average molecular weight is 647 g/mol. The highest BCUT2D eigenvalue weighted by Gasteiger charge is 2.69. The third-order valence-corrected chi connectivity index (χ3v) is 14.3. The second-order valence-corrected chi connectivity index (χ2v) is 15.9. The molecule has 0 aromatic carbocycles. The summed E-state index contributed by atoms with van der Waals surface area (Å²) in [6, 6.07) is 2.12. The minimum absolute atomic E-state index is 0.122. The summed E-state index contributed by atoms with van der Waals surface area (Å²) in [4.78, 5) is 12.2. The summed E-state index contributed by atoms with van der Waals surface area (Å²) >= 11 is 1.58. The summed E-state index contributed by atoms with van der Waals surface area (Å²) in [5.41, 5.74) is 4.24. The highest BCUT2D eigenvalue weighted by molar-refractivity contribution is 7.11. The number of hydrogen-bond donors (Lipinski definition) is 2. The quantitative estimate of drug-likeness (QED) is 0.195. The van der Waals surface area contributed by atoms with E-state index in [-0.39, 0.29) is 10.8 Å².